The maximum absolute atomic E-state index is 12.4. The zero-order valence-electron chi connectivity index (χ0n) is 19.0. The topological polar surface area (TPSA) is 150 Å². The Balaban J connectivity index is 1.50. The van der Waals surface area contributed by atoms with Crippen LogP contribution in [0.25, 0.3) is 21.8 Å². The molecule has 5 aromatic rings. The molecule has 3 aromatic carbocycles. The van der Waals surface area contributed by atoms with Crippen LogP contribution in [0.2, 0.25) is 5.02 Å². The Morgan fingerprint density at radius 3 is 2.73 bits per heavy atom. The van der Waals surface area contributed by atoms with Gasteiger partial charge in [0.15, 0.2) is 5.16 Å². The van der Waals surface area contributed by atoms with Gasteiger partial charge in [-0.05, 0) is 36.4 Å². The molecule has 0 fully saturated rings. The summed E-state index contributed by atoms with van der Waals surface area (Å²) in [4.78, 5) is 24.5. The Bertz CT molecular complexity index is 1770. The van der Waals surface area contributed by atoms with Crippen molar-refractivity contribution in [1.29, 1.82) is 5.26 Å². The number of H-pyrrole nitrogens is 1. The second-order valence-corrected chi connectivity index (χ2v) is 9.17. The van der Waals surface area contributed by atoms with Crippen LogP contribution in [0.5, 0.6) is 5.75 Å². The van der Waals surface area contributed by atoms with Crippen molar-refractivity contribution in [3.8, 4) is 11.8 Å². The molecule has 0 aliphatic carbocycles. The van der Waals surface area contributed by atoms with Crippen molar-refractivity contribution in [2.45, 2.75) is 10.1 Å². The number of aromatic nitrogens is 3. The molecule has 10 nitrogen and oxygen atoms in total. The summed E-state index contributed by atoms with van der Waals surface area (Å²) in [6.45, 7) is 0. The number of pyridine rings is 1. The summed E-state index contributed by atoms with van der Waals surface area (Å²) in [6, 6.07) is 17.2. The molecule has 3 N–H and O–H groups in total. The Morgan fingerprint density at radius 1 is 1.19 bits per heavy atom. The number of halogens is 1. The summed E-state index contributed by atoms with van der Waals surface area (Å²) in [6.07, 6.45) is 1.39. The molecule has 0 radical (unpaired) electrons. The molecule has 0 spiro atoms. The third-order valence-corrected chi connectivity index (χ3v) is 6.88. The van der Waals surface area contributed by atoms with E-state index in [1.807, 2.05) is 6.07 Å². The lowest BCUT2D eigenvalue weighted by Crippen LogP contribution is -2.09. The molecule has 2 heterocycles. The van der Waals surface area contributed by atoms with E-state index in [1.165, 1.54) is 37.2 Å². The van der Waals surface area contributed by atoms with Crippen LogP contribution in [0.1, 0.15) is 5.56 Å². The number of benzene rings is 3. The Morgan fingerprint density at radius 2 is 2.00 bits per heavy atom. The highest BCUT2D eigenvalue weighted by molar-refractivity contribution is 7.99. The summed E-state index contributed by atoms with van der Waals surface area (Å²) in [7, 11) is 1.36. The van der Waals surface area contributed by atoms with Crippen LogP contribution in [-0.4, -0.2) is 27.3 Å². The number of nitriles is 1. The Kier molecular flexibility index (Phi) is 6.56. The minimum absolute atomic E-state index is 0.123. The smallest absolute Gasteiger partial charge is 0.259 e. The Labute approximate surface area is 218 Å². The minimum Gasteiger partial charge on any atom is -0.733 e. The number of rotatable bonds is 6. The number of hydrogen-bond acceptors (Lipinski definition) is 10. The molecule has 184 valence electrons. The molecule has 5 rings (SSSR count). The minimum atomic E-state index is -0.310. The first-order valence-electron chi connectivity index (χ1n) is 10.7. The molecule has 0 saturated carbocycles. The van der Waals surface area contributed by atoms with Gasteiger partial charge in [-0.3, -0.25) is 15.0 Å². The van der Waals surface area contributed by atoms with Gasteiger partial charge in [0.1, 0.15) is 11.8 Å². The first kappa shape index (κ1) is 24.4. The average Bonchev–Trinajstić information content (AvgIpc) is 2.89. The lowest BCUT2D eigenvalue weighted by atomic mass is 10.1. The number of para-hydroxylation sites is 1. The van der Waals surface area contributed by atoms with Crippen LogP contribution in [0.3, 0.4) is 0 Å². The molecular weight excluding hydrogens is 516 g/mol. The molecule has 2 aromatic heterocycles. The molecule has 0 aliphatic rings. The first-order chi connectivity index (χ1) is 17.9. The summed E-state index contributed by atoms with van der Waals surface area (Å²) in [5, 5.41) is 35.4. The van der Waals surface area contributed by atoms with Gasteiger partial charge in [-0.1, -0.05) is 35.5 Å². The number of fused-ring (bicyclic) bond motifs is 2. The molecule has 37 heavy (non-hydrogen) atoms. The fraction of sp³-hybridized carbons (Fsp3) is 0.0400. The number of nitrogens with zero attached hydrogens (tertiary/aromatic N) is 4. The van der Waals surface area contributed by atoms with Gasteiger partial charge in [-0.25, -0.2) is 4.98 Å². The monoisotopic (exact) mass is 531 g/mol. The molecule has 0 amide bonds. The van der Waals surface area contributed by atoms with E-state index in [2.05, 4.69) is 26.3 Å². The van der Waals surface area contributed by atoms with Gasteiger partial charge < -0.3 is 25.5 Å². The van der Waals surface area contributed by atoms with E-state index in [9.17, 15) is 20.5 Å². The van der Waals surface area contributed by atoms with Gasteiger partial charge in [0, 0.05) is 28.2 Å². The third-order valence-electron chi connectivity index (χ3n) is 5.49. The highest BCUT2D eigenvalue weighted by Gasteiger charge is 2.15. The van der Waals surface area contributed by atoms with Gasteiger partial charge in [0.05, 0.1) is 45.5 Å². The van der Waals surface area contributed by atoms with Crippen LogP contribution in [0.15, 0.2) is 75.6 Å². The van der Waals surface area contributed by atoms with Crippen molar-refractivity contribution < 1.29 is 9.94 Å². The van der Waals surface area contributed by atoms with Gasteiger partial charge in [0.25, 0.3) is 5.56 Å². The van der Waals surface area contributed by atoms with Crippen LogP contribution in [0.4, 0.5) is 17.1 Å². The summed E-state index contributed by atoms with van der Waals surface area (Å²) < 4.78 is 5.16. The SMILES string of the molecule is COc1cc2ncc(C#N)c(Nc3ccc(Sc4nc5ccccc5c(=O)[nH]4)c(Cl)c3)c2cc1N([O-])O. The van der Waals surface area contributed by atoms with Crippen LogP contribution >= 0.6 is 23.4 Å². The summed E-state index contributed by atoms with van der Waals surface area (Å²) >= 11 is 7.75. The zero-order chi connectivity index (χ0) is 26.1. The van der Waals surface area contributed by atoms with Gasteiger partial charge >= 0.3 is 0 Å². The van der Waals surface area contributed by atoms with Crippen LogP contribution < -0.4 is 20.8 Å². The number of nitrogens with one attached hydrogen (secondary N) is 2. The van der Waals surface area contributed by atoms with Gasteiger partial charge in [-0.15, -0.1) is 0 Å². The fourth-order valence-electron chi connectivity index (χ4n) is 3.76. The molecule has 0 unspecified atom stereocenters. The highest BCUT2D eigenvalue weighted by Crippen LogP contribution is 2.38. The lowest BCUT2D eigenvalue weighted by molar-refractivity contribution is 0.290. The van der Waals surface area contributed by atoms with Crippen molar-refractivity contribution >= 4 is 62.2 Å². The summed E-state index contributed by atoms with van der Waals surface area (Å²) in [5.41, 5.74) is 1.77. The summed E-state index contributed by atoms with van der Waals surface area (Å²) in [5.74, 6) is 0.123. The molecule has 0 atom stereocenters. The lowest BCUT2D eigenvalue weighted by Gasteiger charge is -2.24. The van der Waals surface area contributed by atoms with Crippen LogP contribution in [-0.2, 0) is 0 Å². The van der Waals surface area contributed by atoms with E-state index in [1.54, 1.807) is 36.4 Å². The van der Waals surface area contributed by atoms with E-state index in [0.717, 1.165) is 0 Å². The highest BCUT2D eigenvalue weighted by atomic mass is 35.5. The fourth-order valence-corrected chi connectivity index (χ4v) is 4.85. The van der Waals surface area contributed by atoms with E-state index < -0.39 is 0 Å². The predicted octanol–water partition coefficient (Wildman–Crippen LogP) is 5.59. The molecule has 12 heteroatoms. The quantitative estimate of drug-likeness (QED) is 0.187. The molecule has 0 bridgehead atoms. The molecular formula is C25H16ClN6O4S-. The van der Waals surface area contributed by atoms with E-state index in [0.29, 0.717) is 48.3 Å². The number of methoxy groups -OCH3 is 1. The number of anilines is 3. The maximum Gasteiger partial charge on any atom is 0.259 e. The first-order valence-corrected chi connectivity index (χ1v) is 11.9. The van der Waals surface area contributed by atoms with E-state index >= 15 is 0 Å². The Hall–Kier alpha value is -4.34. The zero-order valence-corrected chi connectivity index (χ0v) is 20.6. The van der Waals surface area contributed by atoms with Gasteiger partial charge in [-0.2, -0.15) is 5.26 Å². The number of hydrogen-bond donors (Lipinski definition) is 3. The second kappa shape index (κ2) is 9.96. The molecule has 0 saturated heterocycles. The van der Waals surface area contributed by atoms with Crippen molar-refractivity contribution in [2.75, 3.05) is 17.7 Å². The number of aromatic amines is 1. The van der Waals surface area contributed by atoms with Crippen molar-refractivity contribution in [3.63, 3.8) is 0 Å². The second-order valence-electron chi connectivity index (χ2n) is 7.73. The van der Waals surface area contributed by atoms with Crippen molar-refractivity contribution in [2.24, 2.45) is 0 Å². The van der Waals surface area contributed by atoms with E-state index in [4.69, 9.17) is 16.3 Å². The largest absolute Gasteiger partial charge is 0.733 e. The average molecular weight is 532 g/mol. The normalized spacial score (nSPS) is 10.9. The van der Waals surface area contributed by atoms with Crippen LogP contribution in [0, 0.1) is 16.5 Å². The molecule has 0 aliphatic heterocycles. The number of ether oxygens (including phenoxy) is 1. The van der Waals surface area contributed by atoms with Gasteiger partial charge in [0.2, 0.25) is 0 Å². The standard InChI is InChI=1S/C25H16ClN6O4S/c1-36-21-10-19-16(9-20(21)32(34)35)23(13(11-27)12-28-19)29-14-6-7-22(17(26)8-14)37-25-30-18-5-3-2-4-15(18)24(33)31-25/h2-10,12,34H,1H3,(H,28,29)(H,30,31,33)/q-1. The van der Waals surface area contributed by atoms with E-state index in [-0.39, 0.29) is 27.8 Å². The maximum atomic E-state index is 12.4. The van der Waals surface area contributed by atoms with Crippen molar-refractivity contribution in [3.05, 3.63) is 86.9 Å². The van der Waals surface area contributed by atoms with Crippen molar-refractivity contribution in [1.82, 2.24) is 15.0 Å². The predicted molar refractivity (Wildman–Crippen MR) is 142 cm³/mol. The third kappa shape index (κ3) is 4.74.